The Labute approximate surface area is 136 Å². The van der Waals surface area contributed by atoms with E-state index in [1.165, 1.54) is 21.6 Å². The molecular formula is C18H22ClNS. The highest BCUT2D eigenvalue weighted by molar-refractivity contribution is 7.98. The van der Waals surface area contributed by atoms with Crippen molar-refractivity contribution in [3.8, 4) is 0 Å². The summed E-state index contributed by atoms with van der Waals surface area (Å²) in [6.07, 6.45) is 1.81. The van der Waals surface area contributed by atoms with Crippen molar-refractivity contribution in [1.29, 1.82) is 0 Å². The van der Waals surface area contributed by atoms with Gasteiger partial charge in [0.05, 0.1) is 0 Å². The van der Waals surface area contributed by atoms with Crippen molar-refractivity contribution >= 4 is 23.4 Å². The standard InChI is InChI=1S/C18H22ClNS/c1-3-15(20)11-16-17(19)8-5-9-18(16)21-12-14-7-4-6-13(2)10-14/h4-10,15H,3,11-12,20H2,1-2H3. The predicted molar refractivity (Wildman–Crippen MR) is 94.2 cm³/mol. The summed E-state index contributed by atoms with van der Waals surface area (Å²) in [4.78, 5) is 1.24. The Balaban J connectivity index is 2.14. The van der Waals surface area contributed by atoms with Crippen LogP contribution < -0.4 is 5.73 Å². The zero-order valence-corrected chi connectivity index (χ0v) is 14.2. The molecule has 0 fully saturated rings. The van der Waals surface area contributed by atoms with Gasteiger partial charge < -0.3 is 5.73 Å². The molecule has 0 bridgehead atoms. The number of halogens is 1. The minimum atomic E-state index is 0.170. The van der Waals surface area contributed by atoms with Crippen LogP contribution in [0.15, 0.2) is 47.4 Å². The topological polar surface area (TPSA) is 26.0 Å². The maximum atomic E-state index is 6.37. The van der Waals surface area contributed by atoms with Crippen LogP contribution >= 0.6 is 23.4 Å². The number of rotatable bonds is 6. The van der Waals surface area contributed by atoms with Gasteiger partial charge in [0, 0.05) is 21.7 Å². The largest absolute Gasteiger partial charge is 0.327 e. The van der Waals surface area contributed by atoms with Crippen LogP contribution in [0.5, 0.6) is 0 Å². The molecule has 0 heterocycles. The summed E-state index contributed by atoms with van der Waals surface area (Å²) in [5, 5.41) is 0.827. The molecule has 2 aromatic rings. The first kappa shape index (κ1) is 16.4. The molecule has 21 heavy (non-hydrogen) atoms. The highest BCUT2D eigenvalue weighted by Gasteiger charge is 2.11. The Morgan fingerprint density at radius 1 is 1.19 bits per heavy atom. The maximum absolute atomic E-state index is 6.37. The molecule has 2 aromatic carbocycles. The minimum Gasteiger partial charge on any atom is -0.327 e. The summed E-state index contributed by atoms with van der Waals surface area (Å²) < 4.78 is 0. The number of nitrogens with two attached hydrogens (primary N) is 1. The molecule has 3 heteroatoms. The third kappa shape index (κ3) is 4.77. The average molecular weight is 320 g/mol. The summed E-state index contributed by atoms with van der Waals surface area (Å²) in [5.74, 6) is 0.955. The molecule has 0 amide bonds. The minimum absolute atomic E-state index is 0.170. The Bertz CT molecular complexity index is 598. The van der Waals surface area contributed by atoms with E-state index in [1.54, 1.807) is 0 Å². The van der Waals surface area contributed by atoms with Gasteiger partial charge in [-0.2, -0.15) is 0 Å². The molecule has 0 saturated carbocycles. The predicted octanol–water partition coefficient (Wildman–Crippen LogP) is 5.22. The van der Waals surface area contributed by atoms with Gasteiger partial charge in [-0.1, -0.05) is 54.4 Å². The fourth-order valence-electron chi connectivity index (χ4n) is 2.24. The van der Waals surface area contributed by atoms with E-state index in [4.69, 9.17) is 17.3 Å². The van der Waals surface area contributed by atoms with E-state index < -0.39 is 0 Å². The van der Waals surface area contributed by atoms with E-state index in [9.17, 15) is 0 Å². The molecule has 0 aliphatic heterocycles. The summed E-state index contributed by atoms with van der Waals surface area (Å²) in [7, 11) is 0. The van der Waals surface area contributed by atoms with Gasteiger partial charge in [0.1, 0.15) is 0 Å². The molecular weight excluding hydrogens is 298 g/mol. The zero-order chi connectivity index (χ0) is 15.2. The number of hydrogen-bond acceptors (Lipinski definition) is 2. The monoisotopic (exact) mass is 319 g/mol. The highest BCUT2D eigenvalue weighted by Crippen LogP contribution is 2.32. The second-order valence-electron chi connectivity index (χ2n) is 5.37. The van der Waals surface area contributed by atoms with Crippen molar-refractivity contribution in [1.82, 2.24) is 0 Å². The summed E-state index contributed by atoms with van der Waals surface area (Å²) in [6, 6.07) is 14.9. The zero-order valence-electron chi connectivity index (χ0n) is 12.6. The lowest BCUT2D eigenvalue weighted by molar-refractivity contribution is 0.641. The first-order chi connectivity index (χ1) is 10.1. The lowest BCUT2D eigenvalue weighted by Crippen LogP contribution is -2.21. The smallest absolute Gasteiger partial charge is 0.0449 e. The second-order valence-corrected chi connectivity index (χ2v) is 6.79. The molecule has 1 atom stereocenters. The normalized spacial score (nSPS) is 12.4. The second kappa shape index (κ2) is 7.88. The highest BCUT2D eigenvalue weighted by atomic mass is 35.5. The Kier molecular flexibility index (Phi) is 6.16. The van der Waals surface area contributed by atoms with E-state index in [2.05, 4.69) is 44.2 Å². The SMILES string of the molecule is CCC(N)Cc1c(Cl)cccc1SCc1cccc(C)c1. The third-order valence-corrected chi connectivity index (χ3v) is 5.07. The first-order valence-electron chi connectivity index (χ1n) is 7.31. The van der Waals surface area contributed by atoms with Gasteiger partial charge in [0.15, 0.2) is 0 Å². The van der Waals surface area contributed by atoms with Gasteiger partial charge in [0.2, 0.25) is 0 Å². The number of aryl methyl sites for hydroxylation is 1. The molecule has 0 aromatic heterocycles. The molecule has 0 aliphatic carbocycles. The van der Waals surface area contributed by atoms with Crippen LogP contribution in [0.4, 0.5) is 0 Å². The van der Waals surface area contributed by atoms with E-state index in [0.29, 0.717) is 0 Å². The molecule has 0 saturated heterocycles. The van der Waals surface area contributed by atoms with Crippen LogP contribution in [0.2, 0.25) is 5.02 Å². The maximum Gasteiger partial charge on any atom is 0.0449 e. The summed E-state index contributed by atoms with van der Waals surface area (Å²) in [5.41, 5.74) is 9.93. The van der Waals surface area contributed by atoms with Crippen molar-refractivity contribution in [2.75, 3.05) is 0 Å². The number of thioether (sulfide) groups is 1. The van der Waals surface area contributed by atoms with Crippen LogP contribution in [-0.4, -0.2) is 6.04 Å². The van der Waals surface area contributed by atoms with Crippen molar-refractivity contribution < 1.29 is 0 Å². The fourth-order valence-corrected chi connectivity index (χ4v) is 3.59. The molecule has 1 unspecified atom stereocenters. The van der Waals surface area contributed by atoms with Crippen LogP contribution in [0.3, 0.4) is 0 Å². The van der Waals surface area contributed by atoms with Crippen molar-refractivity contribution in [3.05, 3.63) is 64.2 Å². The van der Waals surface area contributed by atoms with E-state index >= 15 is 0 Å². The lowest BCUT2D eigenvalue weighted by Gasteiger charge is -2.15. The van der Waals surface area contributed by atoms with Crippen LogP contribution in [0.25, 0.3) is 0 Å². The van der Waals surface area contributed by atoms with Crippen molar-refractivity contribution in [3.63, 3.8) is 0 Å². The molecule has 0 aliphatic rings. The summed E-state index contributed by atoms with van der Waals surface area (Å²) in [6.45, 7) is 4.24. The van der Waals surface area contributed by atoms with Crippen molar-refractivity contribution in [2.24, 2.45) is 5.73 Å². The molecule has 2 N–H and O–H groups in total. The molecule has 0 spiro atoms. The molecule has 1 nitrogen and oxygen atoms in total. The molecule has 112 valence electrons. The quantitative estimate of drug-likeness (QED) is 0.739. The van der Waals surface area contributed by atoms with Crippen molar-refractivity contribution in [2.45, 2.75) is 43.4 Å². The average Bonchev–Trinajstić information content (AvgIpc) is 2.47. The fraction of sp³-hybridized carbons (Fsp3) is 0.333. The van der Waals surface area contributed by atoms with Gasteiger partial charge in [-0.05, 0) is 43.0 Å². The van der Waals surface area contributed by atoms with Crippen LogP contribution in [-0.2, 0) is 12.2 Å². The number of hydrogen-bond donors (Lipinski definition) is 1. The Morgan fingerprint density at radius 2 is 1.95 bits per heavy atom. The van der Waals surface area contributed by atoms with E-state index in [0.717, 1.165) is 23.6 Å². The Morgan fingerprint density at radius 3 is 2.67 bits per heavy atom. The van der Waals surface area contributed by atoms with Gasteiger partial charge in [-0.25, -0.2) is 0 Å². The van der Waals surface area contributed by atoms with Crippen LogP contribution in [0.1, 0.15) is 30.0 Å². The van der Waals surface area contributed by atoms with E-state index in [1.807, 2.05) is 23.9 Å². The summed E-state index contributed by atoms with van der Waals surface area (Å²) >= 11 is 8.20. The van der Waals surface area contributed by atoms with Gasteiger partial charge >= 0.3 is 0 Å². The van der Waals surface area contributed by atoms with Gasteiger partial charge in [-0.3, -0.25) is 0 Å². The Hall–Kier alpha value is -0.960. The van der Waals surface area contributed by atoms with E-state index in [-0.39, 0.29) is 6.04 Å². The van der Waals surface area contributed by atoms with Gasteiger partial charge in [0.25, 0.3) is 0 Å². The van der Waals surface area contributed by atoms with Crippen LogP contribution in [0, 0.1) is 6.92 Å². The van der Waals surface area contributed by atoms with Gasteiger partial charge in [-0.15, -0.1) is 11.8 Å². The number of benzene rings is 2. The molecule has 2 rings (SSSR count). The molecule has 0 radical (unpaired) electrons. The third-order valence-electron chi connectivity index (χ3n) is 3.54. The lowest BCUT2D eigenvalue weighted by atomic mass is 10.0. The first-order valence-corrected chi connectivity index (χ1v) is 8.67.